The van der Waals surface area contributed by atoms with Crippen molar-refractivity contribution in [3.8, 4) is 0 Å². The van der Waals surface area contributed by atoms with Crippen molar-refractivity contribution in [1.82, 2.24) is 5.01 Å². The summed E-state index contributed by atoms with van der Waals surface area (Å²) >= 11 is 14.1. The lowest BCUT2D eigenvalue weighted by Crippen LogP contribution is -2.51. The summed E-state index contributed by atoms with van der Waals surface area (Å²) in [5, 5.41) is 6.81. The quantitative estimate of drug-likeness (QED) is 0.332. The van der Waals surface area contributed by atoms with Crippen LogP contribution in [0.25, 0.3) is 0 Å². The van der Waals surface area contributed by atoms with Gasteiger partial charge in [-0.3, -0.25) is 4.79 Å². The number of benzene rings is 3. The van der Waals surface area contributed by atoms with Gasteiger partial charge >= 0.3 is 0 Å². The molecular formula is C27H25Cl2F2N3O2S. The zero-order valence-electron chi connectivity index (χ0n) is 20.2. The number of nitrogens with two attached hydrogens (primary N) is 1. The number of hydrogen-bond donors (Lipinski definition) is 1. The van der Waals surface area contributed by atoms with Gasteiger partial charge in [-0.1, -0.05) is 65.3 Å². The highest BCUT2D eigenvalue weighted by Crippen LogP contribution is 2.52. The van der Waals surface area contributed by atoms with Crippen LogP contribution in [-0.2, 0) is 20.0 Å². The number of hydrazone groups is 1. The number of amides is 1. The highest BCUT2D eigenvalue weighted by molar-refractivity contribution is 8.15. The molecule has 10 heteroatoms. The monoisotopic (exact) mass is 563 g/mol. The summed E-state index contributed by atoms with van der Waals surface area (Å²) in [4.78, 5) is 13.3. The molecule has 0 fully saturated rings. The second-order valence-corrected chi connectivity index (χ2v) is 10.7. The molecule has 1 unspecified atom stereocenters. The average molecular weight is 564 g/mol. The summed E-state index contributed by atoms with van der Waals surface area (Å²) in [6, 6.07) is 17.1. The lowest BCUT2D eigenvalue weighted by atomic mass is 9.92. The molecule has 37 heavy (non-hydrogen) atoms. The molecule has 1 aliphatic rings. The number of hydrogen-bond acceptors (Lipinski definition) is 5. The molecule has 1 aliphatic heterocycles. The van der Waals surface area contributed by atoms with Gasteiger partial charge in [-0.05, 0) is 68.3 Å². The molecule has 3 aromatic carbocycles. The van der Waals surface area contributed by atoms with E-state index >= 15 is 0 Å². The minimum atomic E-state index is -1.70. The second kappa shape index (κ2) is 11.1. The first-order valence-electron chi connectivity index (χ1n) is 11.5. The molecule has 0 aromatic heterocycles. The van der Waals surface area contributed by atoms with E-state index in [0.29, 0.717) is 30.0 Å². The maximum absolute atomic E-state index is 14.4. The fraction of sp³-hybridized carbons (Fsp3) is 0.259. The lowest BCUT2D eigenvalue weighted by molar-refractivity contribution is -0.158. The van der Waals surface area contributed by atoms with Crippen LogP contribution in [0.2, 0.25) is 10.0 Å². The van der Waals surface area contributed by atoms with Gasteiger partial charge in [0.1, 0.15) is 21.5 Å². The highest BCUT2D eigenvalue weighted by Gasteiger charge is 2.53. The topological polar surface area (TPSA) is 67.9 Å². The van der Waals surface area contributed by atoms with Crippen molar-refractivity contribution in [2.75, 3.05) is 13.7 Å². The minimum Gasteiger partial charge on any atom is -0.364 e. The van der Waals surface area contributed by atoms with E-state index in [1.807, 2.05) is 30.3 Å². The number of halogens is 4. The van der Waals surface area contributed by atoms with Gasteiger partial charge in [-0.15, -0.1) is 0 Å². The van der Waals surface area contributed by atoms with E-state index in [4.69, 9.17) is 33.7 Å². The van der Waals surface area contributed by atoms with Crippen molar-refractivity contribution in [1.29, 1.82) is 0 Å². The molecule has 0 spiro atoms. The van der Waals surface area contributed by atoms with Gasteiger partial charge in [0.25, 0.3) is 5.91 Å². The fourth-order valence-electron chi connectivity index (χ4n) is 4.28. The van der Waals surface area contributed by atoms with Crippen LogP contribution in [0.5, 0.6) is 0 Å². The summed E-state index contributed by atoms with van der Waals surface area (Å²) in [5.41, 5.74) is 5.46. The molecule has 5 nitrogen and oxygen atoms in total. The zero-order chi connectivity index (χ0) is 26.8. The fourth-order valence-corrected chi connectivity index (χ4v) is 6.27. The van der Waals surface area contributed by atoms with Crippen LogP contribution in [0.4, 0.5) is 8.78 Å². The van der Waals surface area contributed by atoms with Crippen molar-refractivity contribution in [2.45, 2.75) is 30.2 Å². The van der Waals surface area contributed by atoms with Crippen LogP contribution in [0.3, 0.4) is 0 Å². The van der Waals surface area contributed by atoms with E-state index in [0.717, 1.165) is 5.56 Å². The number of methoxy groups -OCH3 is 1. The molecule has 0 bridgehead atoms. The zero-order valence-corrected chi connectivity index (χ0v) is 22.5. The average Bonchev–Trinajstić information content (AvgIpc) is 3.30. The molecule has 0 saturated carbocycles. The Morgan fingerprint density at radius 3 is 2.38 bits per heavy atom. The maximum atomic E-state index is 14.4. The largest absolute Gasteiger partial charge is 0.364 e. The Hall–Kier alpha value is -2.49. The molecule has 194 valence electrons. The SMILES string of the molecule is CO[C@](C)(C(=O)N1N=C(c2cc(F)ccc2Cl)SC1(CCCN)c1ccccc1)c1cc(F)ccc1Cl. The van der Waals surface area contributed by atoms with Gasteiger partial charge in [-0.25, -0.2) is 13.8 Å². The first kappa shape index (κ1) is 27.5. The number of carbonyl (C=O) groups excluding carboxylic acids is 1. The number of carbonyl (C=O) groups is 1. The highest BCUT2D eigenvalue weighted by atomic mass is 35.5. The molecule has 0 aliphatic carbocycles. The van der Waals surface area contributed by atoms with Gasteiger partial charge < -0.3 is 10.5 Å². The smallest absolute Gasteiger partial charge is 0.280 e. The number of ether oxygens (including phenoxy) is 1. The molecule has 4 rings (SSSR count). The van der Waals surface area contributed by atoms with E-state index in [2.05, 4.69) is 5.10 Å². The molecule has 1 heterocycles. The Bertz CT molecular complexity index is 1340. The van der Waals surface area contributed by atoms with Crippen LogP contribution in [0.1, 0.15) is 36.5 Å². The maximum Gasteiger partial charge on any atom is 0.280 e. The standard InChI is InChI=1S/C27H25Cl2F2N3O2S/c1-26(36-2,21-16-19(31)10-12-23(21)29)25(35)34-27(13-6-14-32,17-7-4-3-5-8-17)37-24(33-34)20-15-18(30)9-11-22(20)28/h3-5,7-12,15-16H,6,13-14,32H2,1-2H3/t26-,27?/m0/s1. The molecular weight excluding hydrogens is 539 g/mol. The summed E-state index contributed by atoms with van der Waals surface area (Å²) in [5.74, 6) is -1.65. The number of rotatable bonds is 8. The summed E-state index contributed by atoms with van der Waals surface area (Å²) < 4.78 is 34.2. The molecule has 1 amide bonds. The third kappa shape index (κ3) is 5.13. The van der Waals surface area contributed by atoms with Crippen molar-refractivity contribution in [3.05, 3.63) is 105 Å². The Morgan fingerprint density at radius 2 is 1.73 bits per heavy atom. The van der Waals surface area contributed by atoms with Crippen LogP contribution < -0.4 is 5.73 Å². The Morgan fingerprint density at radius 1 is 1.08 bits per heavy atom. The van der Waals surface area contributed by atoms with Crippen molar-refractivity contribution < 1.29 is 18.3 Å². The molecule has 0 radical (unpaired) electrons. The Labute approximate surface area is 228 Å². The molecule has 0 saturated heterocycles. The molecule has 2 atom stereocenters. The van der Waals surface area contributed by atoms with E-state index in [9.17, 15) is 13.6 Å². The van der Waals surface area contributed by atoms with Gasteiger partial charge in [0.2, 0.25) is 0 Å². The van der Waals surface area contributed by atoms with Gasteiger partial charge in [-0.2, -0.15) is 5.10 Å². The predicted molar refractivity (Wildman–Crippen MR) is 145 cm³/mol. The van der Waals surface area contributed by atoms with Gasteiger partial charge in [0.15, 0.2) is 5.60 Å². The van der Waals surface area contributed by atoms with Gasteiger partial charge in [0, 0.05) is 23.3 Å². The Balaban J connectivity index is 1.94. The summed E-state index contributed by atoms with van der Waals surface area (Å²) in [6.07, 6.45) is 0.969. The van der Waals surface area contributed by atoms with Crippen LogP contribution in [-0.4, -0.2) is 29.6 Å². The van der Waals surface area contributed by atoms with E-state index in [1.165, 1.54) is 67.2 Å². The van der Waals surface area contributed by atoms with E-state index in [-0.39, 0.29) is 15.6 Å². The van der Waals surface area contributed by atoms with Crippen molar-refractivity contribution in [3.63, 3.8) is 0 Å². The summed E-state index contributed by atoms with van der Waals surface area (Å²) in [6.45, 7) is 1.88. The van der Waals surface area contributed by atoms with Crippen molar-refractivity contribution >= 4 is 45.9 Å². The Kier molecular flexibility index (Phi) is 8.26. The van der Waals surface area contributed by atoms with E-state index < -0.39 is 28.0 Å². The first-order chi connectivity index (χ1) is 17.7. The molecule has 2 N–H and O–H groups in total. The number of thioether (sulfide) groups is 1. The third-order valence-electron chi connectivity index (χ3n) is 6.35. The molecule has 3 aromatic rings. The second-order valence-electron chi connectivity index (χ2n) is 8.65. The first-order valence-corrected chi connectivity index (χ1v) is 13.1. The van der Waals surface area contributed by atoms with Crippen molar-refractivity contribution in [2.24, 2.45) is 10.8 Å². The van der Waals surface area contributed by atoms with Crippen LogP contribution in [0, 0.1) is 11.6 Å². The normalized spacial score (nSPS) is 19.0. The summed E-state index contributed by atoms with van der Waals surface area (Å²) in [7, 11) is 1.35. The third-order valence-corrected chi connectivity index (χ3v) is 8.46. The lowest BCUT2D eigenvalue weighted by Gasteiger charge is -2.40. The predicted octanol–water partition coefficient (Wildman–Crippen LogP) is 6.66. The minimum absolute atomic E-state index is 0.153. The van der Waals surface area contributed by atoms with Gasteiger partial charge in [0.05, 0.1) is 5.02 Å². The number of nitrogens with zero attached hydrogens (tertiary/aromatic N) is 2. The van der Waals surface area contributed by atoms with Crippen LogP contribution in [0.15, 0.2) is 71.8 Å². The van der Waals surface area contributed by atoms with Crippen LogP contribution >= 0.6 is 35.0 Å². The van der Waals surface area contributed by atoms with E-state index in [1.54, 1.807) is 0 Å².